The summed E-state index contributed by atoms with van der Waals surface area (Å²) in [4.78, 5) is 21.2. The summed E-state index contributed by atoms with van der Waals surface area (Å²) in [6.07, 6.45) is 9.88. The average Bonchev–Trinajstić information content (AvgIpc) is 3.17. The van der Waals surface area contributed by atoms with Gasteiger partial charge >= 0.3 is 6.01 Å². The van der Waals surface area contributed by atoms with Gasteiger partial charge in [0.05, 0.1) is 28.1 Å². The van der Waals surface area contributed by atoms with Gasteiger partial charge in [0.25, 0.3) is 0 Å². The first kappa shape index (κ1) is 19.5. The molecule has 8 nitrogen and oxygen atoms in total. The predicted octanol–water partition coefficient (Wildman–Crippen LogP) is 5.03. The Bertz CT molecular complexity index is 1780. The van der Waals surface area contributed by atoms with Gasteiger partial charge in [0.1, 0.15) is 23.4 Å². The summed E-state index contributed by atoms with van der Waals surface area (Å²) in [5.41, 5.74) is 3.87. The summed E-state index contributed by atoms with van der Waals surface area (Å²) < 4.78 is 51.1. The van der Waals surface area contributed by atoms with Gasteiger partial charge in [-0.05, 0) is 37.6 Å². The van der Waals surface area contributed by atoms with Gasteiger partial charge in [-0.3, -0.25) is 0 Å². The monoisotopic (exact) mass is 483 g/mol. The molecule has 4 heterocycles. The van der Waals surface area contributed by atoms with Crippen LogP contribution in [0.4, 0.5) is 4.39 Å². The Morgan fingerprint density at radius 3 is 2.69 bits per heavy atom. The van der Waals surface area contributed by atoms with Crippen molar-refractivity contribution in [3.63, 3.8) is 0 Å². The van der Waals surface area contributed by atoms with Gasteiger partial charge in [-0.2, -0.15) is 0 Å². The van der Waals surface area contributed by atoms with E-state index in [9.17, 15) is 0 Å². The van der Waals surface area contributed by atoms with E-state index in [4.69, 9.17) is 20.0 Å². The Morgan fingerprint density at radius 2 is 1.94 bits per heavy atom. The molecular formula is C27H21FN6O2. The molecule has 0 unspecified atom stereocenters. The summed E-state index contributed by atoms with van der Waals surface area (Å²) in [6, 6.07) is 7.55. The van der Waals surface area contributed by atoms with Gasteiger partial charge in [0.15, 0.2) is 11.6 Å². The van der Waals surface area contributed by atoms with Crippen molar-refractivity contribution in [3.05, 3.63) is 72.0 Å². The Labute approximate surface area is 211 Å². The van der Waals surface area contributed by atoms with E-state index in [0.717, 1.165) is 0 Å². The maximum absolute atomic E-state index is 15.4. The van der Waals surface area contributed by atoms with Crippen LogP contribution in [0, 0.1) is 32.0 Å². The molecular weight excluding hydrogens is 459 g/mol. The number of nitrogens with zero attached hydrogens (tertiary/aromatic N) is 6. The van der Waals surface area contributed by atoms with E-state index in [1.807, 2.05) is 0 Å². The third kappa shape index (κ3) is 3.88. The number of benzene rings is 1. The van der Waals surface area contributed by atoms with Crippen LogP contribution < -0.4 is 9.47 Å². The summed E-state index contributed by atoms with van der Waals surface area (Å²) in [7, 11) is -1.00. The normalized spacial score (nSPS) is 12.5. The Kier molecular flexibility index (Phi) is 4.91. The molecule has 1 aromatic carbocycles. The third-order valence-corrected chi connectivity index (χ3v) is 5.73. The topological polar surface area (TPSA) is 87.8 Å². The van der Waals surface area contributed by atoms with E-state index in [1.54, 1.807) is 37.6 Å². The first-order valence-corrected chi connectivity index (χ1v) is 10.8. The van der Waals surface area contributed by atoms with Crippen LogP contribution in [0.25, 0.3) is 33.4 Å². The minimum Gasteiger partial charge on any atom is -0.496 e. The van der Waals surface area contributed by atoms with Crippen LogP contribution in [0.1, 0.15) is 21.2 Å². The number of ether oxygens (including phenoxy) is 2. The highest BCUT2D eigenvalue weighted by Crippen LogP contribution is 2.44. The van der Waals surface area contributed by atoms with Crippen molar-refractivity contribution < 1.29 is 18.0 Å². The molecule has 5 aromatic rings. The third-order valence-electron chi connectivity index (χ3n) is 5.73. The fourth-order valence-corrected chi connectivity index (χ4v) is 4.09. The van der Waals surface area contributed by atoms with Crippen molar-refractivity contribution >= 4 is 11.0 Å². The molecule has 0 amide bonds. The van der Waals surface area contributed by atoms with Crippen molar-refractivity contribution in [2.45, 2.75) is 13.8 Å². The Balaban J connectivity index is 1.74. The Morgan fingerprint density at radius 1 is 1.08 bits per heavy atom. The molecule has 178 valence electrons. The van der Waals surface area contributed by atoms with Crippen LogP contribution in [-0.2, 0) is 7.05 Å². The molecule has 0 radical (unpaired) electrons. The van der Waals surface area contributed by atoms with E-state index in [2.05, 4.69) is 30.8 Å². The van der Waals surface area contributed by atoms with Crippen LogP contribution in [0.5, 0.6) is 17.5 Å². The van der Waals surface area contributed by atoms with Crippen molar-refractivity contribution in [3.8, 4) is 52.2 Å². The van der Waals surface area contributed by atoms with Crippen LogP contribution in [0.15, 0.2) is 49.1 Å². The summed E-state index contributed by atoms with van der Waals surface area (Å²) in [6.45, 7) is 3.58. The van der Waals surface area contributed by atoms with Gasteiger partial charge in [0, 0.05) is 42.2 Å². The molecule has 0 saturated carbocycles. The lowest BCUT2D eigenvalue weighted by molar-refractivity contribution is 0.410. The van der Waals surface area contributed by atoms with Gasteiger partial charge in [-0.1, -0.05) is 12.0 Å². The molecule has 5 rings (SSSR count). The molecule has 0 aliphatic heterocycles. The van der Waals surface area contributed by atoms with Crippen molar-refractivity contribution in [2.75, 3.05) is 7.04 Å². The van der Waals surface area contributed by atoms with Gasteiger partial charge < -0.3 is 14.0 Å². The summed E-state index contributed by atoms with van der Waals surface area (Å²) >= 11 is 0. The second-order valence-corrected chi connectivity index (χ2v) is 7.98. The van der Waals surface area contributed by atoms with E-state index in [-0.39, 0.29) is 23.2 Å². The van der Waals surface area contributed by atoms with Crippen molar-refractivity contribution in [2.24, 2.45) is 7.05 Å². The minimum atomic E-state index is -2.76. The average molecular weight is 484 g/mol. The standard InChI is InChI=1S/C27H21FN6O2/c1-6-18-12-22(35-5)19(13-30-18)25-24(23-16(3)31-14-32-26(23)34(25)4)17-7-8-21(20(28)11-17)36-27-29-10-9-15(2)33-27/h1,7-14H,2-5H3/i5D3. The van der Waals surface area contributed by atoms with Gasteiger partial charge in [-0.15, -0.1) is 6.42 Å². The first-order chi connectivity index (χ1) is 18.6. The van der Waals surface area contributed by atoms with Crippen LogP contribution in [0.3, 0.4) is 0 Å². The van der Waals surface area contributed by atoms with Crippen LogP contribution in [0.2, 0.25) is 0 Å². The van der Waals surface area contributed by atoms with E-state index in [1.165, 1.54) is 36.9 Å². The molecule has 0 saturated heterocycles. The van der Waals surface area contributed by atoms with E-state index < -0.39 is 12.9 Å². The highest BCUT2D eigenvalue weighted by molar-refractivity contribution is 6.05. The number of methoxy groups -OCH3 is 1. The molecule has 0 atom stereocenters. The van der Waals surface area contributed by atoms with Crippen molar-refractivity contribution in [1.29, 1.82) is 0 Å². The zero-order valence-corrected chi connectivity index (χ0v) is 19.6. The zero-order valence-electron chi connectivity index (χ0n) is 22.6. The maximum atomic E-state index is 15.4. The molecule has 4 aromatic heterocycles. The highest BCUT2D eigenvalue weighted by atomic mass is 19.1. The number of hydrogen-bond donors (Lipinski definition) is 0. The maximum Gasteiger partial charge on any atom is 0.322 e. The van der Waals surface area contributed by atoms with Gasteiger partial charge in [-0.25, -0.2) is 29.3 Å². The van der Waals surface area contributed by atoms with E-state index in [0.29, 0.717) is 44.8 Å². The molecule has 36 heavy (non-hydrogen) atoms. The van der Waals surface area contributed by atoms with Crippen molar-refractivity contribution in [1.82, 2.24) is 29.5 Å². The SMILES string of the molecule is [2H]C([2H])([2H])Oc1cc(C#C)ncc1-c1c(-c2ccc(Oc3nccc(C)n3)c(F)c2)c2c(C)ncnc2n1C. The molecule has 0 aliphatic rings. The lowest BCUT2D eigenvalue weighted by Crippen LogP contribution is -1.99. The summed E-state index contributed by atoms with van der Waals surface area (Å²) in [5, 5.41) is 0.644. The molecule has 0 spiro atoms. The smallest absolute Gasteiger partial charge is 0.322 e. The number of aryl methyl sites for hydroxylation is 3. The highest BCUT2D eigenvalue weighted by Gasteiger charge is 2.25. The fraction of sp³-hybridized carbons (Fsp3) is 0.148. The number of terminal acetylenes is 1. The van der Waals surface area contributed by atoms with Gasteiger partial charge in [0.2, 0.25) is 0 Å². The molecule has 0 bridgehead atoms. The number of halogens is 1. The number of pyridine rings is 1. The quantitative estimate of drug-likeness (QED) is 0.324. The molecule has 0 fully saturated rings. The van der Waals surface area contributed by atoms with Crippen LogP contribution in [-0.4, -0.2) is 36.5 Å². The minimum absolute atomic E-state index is 0.00672. The molecule has 9 heteroatoms. The molecule has 0 N–H and O–H groups in total. The molecule has 0 aliphatic carbocycles. The number of hydrogen-bond acceptors (Lipinski definition) is 7. The second-order valence-electron chi connectivity index (χ2n) is 7.98. The predicted molar refractivity (Wildman–Crippen MR) is 133 cm³/mol. The number of rotatable bonds is 5. The number of aromatic nitrogens is 6. The first-order valence-electron chi connectivity index (χ1n) is 12.3. The summed E-state index contributed by atoms with van der Waals surface area (Å²) in [5.74, 6) is 1.66. The Hall–Kier alpha value is -4.84. The fourth-order valence-electron chi connectivity index (χ4n) is 4.09. The largest absolute Gasteiger partial charge is 0.496 e. The van der Waals surface area contributed by atoms with Crippen LogP contribution >= 0.6 is 0 Å². The number of fused-ring (bicyclic) bond motifs is 1. The lowest BCUT2D eigenvalue weighted by Gasteiger charge is -2.13. The lowest BCUT2D eigenvalue weighted by atomic mass is 9.98. The second kappa shape index (κ2) is 9.07. The van der Waals surface area contributed by atoms with E-state index >= 15 is 4.39 Å². The zero-order chi connectivity index (χ0) is 27.9.